The normalized spacial score (nSPS) is 17.1. The van der Waals surface area contributed by atoms with Crippen LogP contribution in [0.5, 0.6) is 5.75 Å². The van der Waals surface area contributed by atoms with Crippen LogP contribution in [0.1, 0.15) is 18.4 Å². The standard InChI is InChI=1S/C13H20N2O/c1-16-12-4-2-3-11(7-12)8-15-10-13(9-14)5-6-13/h2-4,7,15H,5-6,8-10,14H2,1H3. The Kier molecular flexibility index (Phi) is 3.46. The number of hydrogen-bond donors (Lipinski definition) is 2. The maximum atomic E-state index is 5.73. The quantitative estimate of drug-likeness (QED) is 0.764. The zero-order valence-corrected chi connectivity index (χ0v) is 9.83. The molecule has 1 aromatic carbocycles. The van der Waals surface area contributed by atoms with Crippen LogP contribution in [0.3, 0.4) is 0 Å². The smallest absolute Gasteiger partial charge is 0.119 e. The average Bonchev–Trinajstić information content (AvgIpc) is 3.10. The first-order valence-electron chi connectivity index (χ1n) is 5.82. The summed E-state index contributed by atoms with van der Waals surface area (Å²) < 4.78 is 5.19. The molecule has 0 bridgehead atoms. The molecule has 1 aliphatic rings. The van der Waals surface area contributed by atoms with Gasteiger partial charge in [0.2, 0.25) is 0 Å². The lowest BCUT2D eigenvalue weighted by Crippen LogP contribution is -2.29. The van der Waals surface area contributed by atoms with Crippen molar-refractivity contribution in [3.63, 3.8) is 0 Å². The molecule has 0 aliphatic heterocycles. The molecule has 0 radical (unpaired) electrons. The van der Waals surface area contributed by atoms with Gasteiger partial charge < -0.3 is 15.8 Å². The molecule has 0 unspecified atom stereocenters. The number of rotatable bonds is 6. The van der Waals surface area contributed by atoms with Gasteiger partial charge in [0.15, 0.2) is 0 Å². The van der Waals surface area contributed by atoms with Crippen LogP contribution in [0, 0.1) is 5.41 Å². The van der Waals surface area contributed by atoms with Gasteiger partial charge in [-0.05, 0) is 42.5 Å². The zero-order chi connectivity index (χ0) is 11.4. The molecule has 0 atom stereocenters. The number of hydrogen-bond acceptors (Lipinski definition) is 3. The maximum absolute atomic E-state index is 5.73. The molecule has 0 aromatic heterocycles. The molecule has 1 aromatic rings. The number of nitrogens with one attached hydrogen (secondary N) is 1. The summed E-state index contributed by atoms with van der Waals surface area (Å²) in [5.41, 5.74) is 7.39. The van der Waals surface area contributed by atoms with Crippen molar-refractivity contribution in [2.75, 3.05) is 20.2 Å². The Balaban J connectivity index is 1.80. The first-order valence-corrected chi connectivity index (χ1v) is 5.82. The summed E-state index contributed by atoms with van der Waals surface area (Å²) in [7, 11) is 1.69. The highest BCUT2D eigenvalue weighted by molar-refractivity contribution is 5.28. The summed E-state index contributed by atoms with van der Waals surface area (Å²) in [5.74, 6) is 0.916. The predicted octanol–water partition coefficient (Wildman–Crippen LogP) is 1.52. The number of benzene rings is 1. The van der Waals surface area contributed by atoms with Crippen LogP contribution in [0.4, 0.5) is 0 Å². The maximum Gasteiger partial charge on any atom is 0.119 e. The van der Waals surface area contributed by atoms with Crippen LogP contribution < -0.4 is 15.8 Å². The van der Waals surface area contributed by atoms with Gasteiger partial charge in [-0.1, -0.05) is 12.1 Å². The molecule has 3 heteroatoms. The van der Waals surface area contributed by atoms with Crippen molar-refractivity contribution in [1.29, 1.82) is 0 Å². The van der Waals surface area contributed by atoms with Crippen LogP contribution in [0.15, 0.2) is 24.3 Å². The molecular weight excluding hydrogens is 200 g/mol. The van der Waals surface area contributed by atoms with Crippen LogP contribution in [0.25, 0.3) is 0 Å². The van der Waals surface area contributed by atoms with E-state index in [-0.39, 0.29) is 0 Å². The molecule has 0 heterocycles. The third kappa shape index (κ3) is 2.74. The summed E-state index contributed by atoms with van der Waals surface area (Å²) in [6.45, 7) is 2.72. The summed E-state index contributed by atoms with van der Waals surface area (Å²) in [4.78, 5) is 0. The van der Waals surface area contributed by atoms with E-state index in [1.165, 1.54) is 18.4 Å². The Labute approximate surface area is 97.0 Å². The molecule has 0 spiro atoms. The van der Waals surface area contributed by atoms with Gasteiger partial charge in [-0.2, -0.15) is 0 Å². The molecule has 3 N–H and O–H groups in total. The summed E-state index contributed by atoms with van der Waals surface area (Å²) in [6.07, 6.45) is 2.54. The number of methoxy groups -OCH3 is 1. The Hall–Kier alpha value is -1.06. The molecule has 1 aliphatic carbocycles. The second-order valence-electron chi connectivity index (χ2n) is 4.66. The van der Waals surface area contributed by atoms with E-state index in [1.807, 2.05) is 12.1 Å². The van der Waals surface area contributed by atoms with E-state index in [0.717, 1.165) is 25.4 Å². The van der Waals surface area contributed by atoms with E-state index in [1.54, 1.807) is 7.11 Å². The van der Waals surface area contributed by atoms with Crippen molar-refractivity contribution >= 4 is 0 Å². The van der Waals surface area contributed by atoms with Crippen LogP contribution in [-0.4, -0.2) is 20.2 Å². The highest BCUT2D eigenvalue weighted by Gasteiger charge is 2.40. The van der Waals surface area contributed by atoms with E-state index in [4.69, 9.17) is 10.5 Å². The minimum atomic E-state index is 0.402. The Morgan fingerprint density at radius 3 is 2.88 bits per heavy atom. The Bertz CT molecular complexity index is 348. The van der Waals surface area contributed by atoms with Gasteiger partial charge in [-0.25, -0.2) is 0 Å². The molecule has 0 amide bonds. The van der Waals surface area contributed by atoms with E-state index >= 15 is 0 Å². The predicted molar refractivity (Wildman–Crippen MR) is 65.4 cm³/mol. The molecule has 88 valence electrons. The summed E-state index contributed by atoms with van der Waals surface area (Å²) in [6, 6.07) is 8.16. The zero-order valence-electron chi connectivity index (χ0n) is 9.83. The van der Waals surface area contributed by atoms with Crippen molar-refractivity contribution in [2.45, 2.75) is 19.4 Å². The van der Waals surface area contributed by atoms with E-state index in [9.17, 15) is 0 Å². The lowest BCUT2D eigenvalue weighted by atomic mass is 10.1. The molecule has 0 saturated heterocycles. The Morgan fingerprint density at radius 2 is 2.25 bits per heavy atom. The molecule has 1 saturated carbocycles. The van der Waals surface area contributed by atoms with Gasteiger partial charge >= 0.3 is 0 Å². The molecular formula is C13H20N2O. The first kappa shape index (κ1) is 11.4. The lowest BCUT2D eigenvalue weighted by Gasteiger charge is -2.13. The van der Waals surface area contributed by atoms with Gasteiger partial charge in [0.05, 0.1) is 7.11 Å². The van der Waals surface area contributed by atoms with E-state index in [0.29, 0.717) is 5.41 Å². The van der Waals surface area contributed by atoms with Crippen LogP contribution >= 0.6 is 0 Å². The van der Waals surface area contributed by atoms with Gasteiger partial charge in [0.1, 0.15) is 5.75 Å². The summed E-state index contributed by atoms with van der Waals surface area (Å²) in [5, 5.41) is 3.47. The van der Waals surface area contributed by atoms with Crippen molar-refractivity contribution in [3.8, 4) is 5.75 Å². The summed E-state index contributed by atoms with van der Waals surface area (Å²) >= 11 is 0. The average molecular weight is 220 g/mol. The van der Waals surface area contributed by atoms with Crippen molar-refractivity contribution in [1.82, 2.24) is 5.32 Å². The fourth-order valence-electron chi connectivity index (χ4n) is 1.88. The Morgan fingerprint density at radius 1 is 1.44 bits per heavy atom. The van der Waals surface area contributed by atoms with E-state index < -0.39 is 0 Å². The largest absolute Gasteiger partial charge is 0.497 e. The molecule has 2 rings (SSSR count). The number of ether oxygens (including phenoxy) is 1. The first-order chi connectivity index (χ1) is 7.78. The van der Waals surface area contributed by atoms with E-state index in [2.05, 4.69) is 17.4 Å². The molecule has 16 heavy (non-hydrogen) atoms. The molecule has 3 nitrogen and oxygen atoms in total. The van der Waals surface area contributed by atoms with Crippen molar-refractivity contribution in [3.05, 3.63) is 29.8 Å². The minimum Gasteiger partial charge on any atom is -0.497 e. The van der Waals surface area contributed by atoms with Gasteiger partial charge in [-0.3, -0.25) is 0 Å². The lowest BCUT2D eigenvalue weighted by molar-refractivity contribution is 0.413. The SMILES string of the molecule is COc1cccc(CNCC2(CN)CC2)c1. The topological polar surface area (TPSA) is 47.3 Å². The highest BCUT2D eigenvalue weighted by atomic mass is 16.5. The van der Waals surface area contributed by atoms with Crippen LogP contribution in [0.2, 0.25) is 0 Å². The monoisotopic (exact) mass is 220 g/mol. The third-order valence-corrected chi connectivity index (χ3v) is 3.35. The van der Waals surface area contributed by atoms with Gasteiger partial charge in [0.25, 0.3) is 0 Å². The third-order valence-electron chi connectivity index (χ3n) is 3.35. The second kappa shape index (κ2) is 4.85. The fraction of sp³-hybridized carbons (Fsp3) is 0.538. The fourth-order valence-corrected chi connectivity index (χ4v) is 1.88. The van der Waals surface area contributed by atoms with Crippen molar-refractivity contribution < 1.29 is 4.74 Å². The highest BCUT2D eigenvalue weighted by Crippen LogP contribution is 2.43. The van der Waals surface area contributed by atoms with Crippen LogP contribution in [-0.2, 0) is 6.54 Å². The van der Waals surface area contributed by atoms with Gasteiger partial charge in [-0.15, -0.1) is 0 Å². The second-order valence-corrected chi connectivity index (χ2v) is 4.66. The molecule has 1 fully saturated rings. The van der Waals surface area contributed by atoms with Gasteiger partial charge in [0, 0.05) is 13.1 Å². The minimum absolute atomic E-state index is 0.402. The van der Waals surface area contributed by atoms with Crippen molar-refractivity contribution in [2.24, 2.45) is 11.1 Å². The number of nitrogens with two attached hydrogens (primary N) is 1.